The van der Waals surface area contributed by atoms with Crippen molar-refractivity contribution in [2.24, 2.45) is 0 Å². The first-order chi connectivity index (χ1) is 8.47. The molecule has 0 saturated carbocycles. The third-order valence-electron chi connectivity index (χ3n) is 2.94. The van der Waals surface area contributed by atoms with Crippen LogP contribution in [-0.2, 0) is 4.79 Å². The number of carbonyl (C=O) groups excluding carboxylic acids is 1. The Bertz CT molecular complexity index is 423. The Balaban J connectivity index is 2.79. The minimum atomic E-state index is -0.124. The lowest BCUT2D eigenvalue weighted by molar-refractivity contribution is -0.132. The van der Waals surface area contributed by atoms with Crippen LogP contribution in [0.2, 0.25) is 10.0 Å². The van der Waals surface area contributed by atoms with Gasteiger partial charge in [0.25, 0.3) is 0 Å². The van der Waals surface area contributed by atoms with E-state index in [1.807, 2.05) is 13.0 Å². The third kappa shape index (κ3) is 3.87. The van der Waals surface area contributed by atoms with E-state index in [9.17, 15) is 4.79 Å². The van der Waals surface area contributed by atoms with E-state index in [1.54, 1.807) is 24.1 Å². The number of nitrogens with zero attached hydrogens (tertiary/aromatic N) is 1. The molecule has 1 unspecified atom stereocenters. The molecule has 100 valence electrons. The fraction of sp³-hybridized carbons (Fsp3) is 0.462. The maximum absolute atomic E-state index is 11.8. The van der Waals surface area contributed by atoms with Gasteiger partial charge in [-0.1, -0.05) is 29.3 Å². The van der Waals surface area contributed by atoms with Gasteiger partial charge in [-0.15, -0.1) is 0 Å². The number of hydrogen-bond acceptors (Lipinski definition) is 2. The molecule has 0 fully saturated rings. The van der Waals surface area contributed by atoms with Crippen molar-refractivity contribution in [3.05, 3.63) is 33.8 Å². The van der Waals surface area contributed by atoms with E-state index in [-0.39, 0.29) is 18.6 Å². The van der Waals surface area contributed by atoms with Crippen LogP contribution in [-0.4, -0.2) is 29.6 Å². The number of halogens is 2. The van der Waals surface area contributed by atoms with Crippen molar-refractivity contribution in [3.63, 3.8) is 0 Å². The standard InChI is InChI=1S/C13H17Cl2NO2/c1-9(16(2)13(18)4-3-7-17)11-6-5-10(14)8-12(11)15/h5-6,8-9,17H,3-4,7H2,1-2H3. The number of hydrogen-bond donors (Lipinski definition) is 1. The van der Waals surface area contributed by atoms with Crippen LogP contribution in [0.4, 0.5) is 0 Å². The number of amides is 1. The van der Waals surface area contributed by atoms with E-state index in [2.05, 4.69) is 0 Å². The molecule has 18 heavy (non-hydrogen) atoms. The average Bonchev–Trinajstić information content (AvgIpc) is 2.34. The van der Waals surface area contributed by atoms with E-state index in [4.69, 9.17) is 28.3 Å². The highest BCUT2D eigenvalue weighted by molar-refractivity contribution is 6.35. The van der Waals surface area contributed by atoms with Crippen LogP contribution in [0.1, 0.15) is 31.4 Å². The summed E-state index contributed by atoms with van der Waals surface area (Å²) < 4.78 is 0. The second-order valence-electron chi connectivity index (χ2n) is 4.17. The normalized spacial score (nSPS) is 12.3. The minimum Gasteiger partial charge on any atom is -0.396 e. The van der Waals surface area contributed by atoms with Crippen LogP contribution in [0.5, 0.6) is 0 Å². The number of aliphatic hydroxyl groups is 1. The van der Waals surface area contributed by atoms with Gasteiger partial charge in [0.15, 0.2) is 0 Å². The first-order valence-corrected chi connectivity index (χ1v) is 6.54. The van der Waals surface area contributed by atoms with Crippen molar-refractivity contribution in [2.45, 2.75) is 25.8 Å². The van der Waals surface area contributed by atoms with Gasteiger partial charge in [-0.05, 0) is 31.0 Å². The number of rotatable bonds is 5. The van der Waals surface area contributed by atoms with E-state index >= 15 is 0 Å². The van der Waals surface area contributed by atoms with Crippen molar-refractivity contribution in [3.8, 4) is 0 Å². The van der Waals surface area contributed by atoms with E-state index in [1.165, 1.54) is 0 Å². The minimum absolute atomic E-state index is 0.0115. The van der Waals surface area contributed by atoms with Crippen molar-refractivity contribution < 1.29 is 9.90 Å². The summed E-state index contributed by atoms with van der Waals surface area (Å²) in [6.45, 7) is 1.93. The summed E-state index contributed by atoms with van der Waals surface area (Å²) in [4.78, 5) is 13.5. The fourth-order valence-electron chi connectivity index (χ4n) is 1.67. The Labute approximate surface area is 117 Å². The Kier molecular flexibility index (Phi) is 5.93. The Hall–Kier alpha value is -0.770. The fourth-order valence-corrected chi connectivity index (χ4v) is 2.24. The van der Waals surface area contributed by atoms with Gasteiger partial charge in [0.05, 0.1) is 6.04 Å². The Morgan fingerprint density at radius 1 is 1.44 bits per heavy atom. The second-order valence-corrected chi connectivity index (χ2v) is 5.02. The van der Waals surface area contributed by atoms with E-state index in [0.29, 0.717) is 22.9 Å². The van der Waals surface area contributed by atoms with E-state index < -0.39 is 0 Å². The lowest BCUT2D eigenvalue weighted by Crippen LogP contribution is -2.29. The molecule has 0 heterocycles. The maximum atomic E-state index is 11.8. The molecule has 0 spiro atoms. The smallest absolute Gasteiger partial charge is 0.222 e. The van der Waals surface area contributed by atoms with Crippen LogP contribution >= 0.6 is 23.2 Å². The van der Waals surface area contributed by atoms with Gasteiger partial charge in [0.1, 0.15) is 0 Å². The van der Waals surface area contributed by atoms with Crippen molar-refractivity contribution >= 4 is 29.1 Å². The SMILES string of the molecule is CC(c1ccc(Cl)cc1Cl)N(C)C(=O)CCCO. The van der Waals surface area contributed by atoms with Crippen molar-refractivity contribution in [1.82, 2.24) is 4.90 Å². The van der Waals surface area contributed by atoms with E-state index in [0.717, 1.165) is 5.56 Å². The molecule has 5 heteroatoms. The molecule has 1 aromatic carbocycles. The lowest BCUT2D eigenvalue weighted by atomic mass is 10.1. The maximum Gasteiger partial charge on any atom is 0.222 e. The molecule has 0 saturated heterocycles. The molecule has 0 aliphatic carbocycles. The zero-order chi connectivity index (χ0) is 13.7. The molecule has 0 aromatic heterocycles. The highest BCUT2D eigenvalue weighted by Crippen LogP contribution is 2.29. The highest BCUT2D eigenvalue weighted by Gasteiger charge is 2.19. The average molecular weight is 290 g/mol. The van der Waals surface area contributed by atoms with Crippen molar-refractivity contribution in [1.29, 1.82) is 0 Å². The van der Waals surface area contributed by atoms with Crippen molar-refractivity contribution in [2.75, 3.05) is 13.7 Å². The molecular weight excluding hydrogens is 273 g/mol. The van der Waals surface area contributed by atoms with Gasteiger partial charge in [0.2, 0.25) is 5.91 Å². The van der Waals surface area contributed by atoms with Crippen LogP contribution in [0.15, 0.2) is 18.2 Å². The van der Waals surface area contributed by atoms with Crippen LogP contribution < -0.4 is 0 Å². The molecule has 3 nitrogen and oxygen atoms in total. The Morgan fingerprint density at radius 2 is 2.11 bits per heavy atom. The second kappa shape index (κ2) is 6.98. The van der Waals surface area contributed by atoms with Gasteiger partial charge < -0.3 is 10.0 Å². The van der Waals surface area contributed by atoms with Gasteiger partial charge in [-0.2, -0.15) is 0 Å². The number of carbonyl (C=O) groups is 1. The van der Waals surface area contributed by atoms with Gasteiger partial charge in [0, 0.05) is 30.1 Å². The molecule has 0 radical (unpaired) electrons. The van der Waals surface area contributed by atoms with Crippen LogP contribution in [0.3, 0.4) is 0 Å². The third-order valence-corrected chi connectivity index (χ3v) is 3.50. The predicted molar refractivity (Wildman–Crippen MR) is 74.0 cm³/mol. The van der Waals surface area contributed by atoms with Crippen LogP contribution in [0.25, 0.3) is 0 Å². The first-order valence-electron chi connectivity index (χ1n) is 5.78. The monoisotopic (exact) mass is 289 g/mol. The molecule has 1 N–H and O–H groups in total. The summed E-state index contributed by atoms with van der Waals surface area (Å²) in [7, 11) is 1.73. The largest absolute Gasteiger partial charge is 0.396 e. The summed E-state index contributed by atoms with van der Waals surface area (Å²) in [5.41, 5.74) is 0.862. The molecule has 0 bridgehead atoms. The zero-order valence-corrected chi connectivity index (χ0v) is 12.0. The molecule has 0 aliphatic heterocycles. The molecular formula is C13H17Cl2NO2. The summed E-state index contributed by atoms with van der Waals surface area (Å²) in [6, 6.07) is 5.12. The molecule has 0 aliphatic rings. The number of benzene rings is 1. The molecule has 1 amide bonds. The van der Waals surface area contributed by atoms with Gasteiger partial charge >= 0.3 is 0 Å². The summed E-state index contributed by atoms with van der Waals surface area (Å²) in [5, 5.41) is 9.85. The summed E-state index contributed by atoms with van der Waals surface area (Å²) in [5.74, 6) is -0.0115. The predicted octanol–water partition coefficient (Wildman–Crippen LogP) is 3.29. The number of aliphatic hydroxyl groups excluding tert-OH is 1. The molecule has 1 rings (SSSR count). The summed E-state index contributed by atoms with van der Waals surface area (Å²) in [6.07, 6.45) is 0.812. The van der Waals surface area contributed by atoms with Gasteiger partial charge in [-0.3, -0.25) is 4.79 Å². The van der Waals surface area contributed by atoms with Crippen LogP contribution in [0, 0.1) is 0 Å². The van der Waals surface area contributed by atoms with Gasteiger partial charge in [-0.25, -0.2) is 0 Å². The highest BCUT2D eigenvalue weighted by atomic mass is 35.5. The Morgan fingerprint density at radius 3 is 2.67 bits per heavy atom. The summed E-state index contributed by atoms with van der Waals surface area (Å²) >= 11 is 12.0. The zero-order valence-electron chi connectivity index (χ0n) is 10.5. The first kappa shape index (κ1) is 15.3. The molecule has 1 atom stereocenters. The topological polar surface area (TPSA) is 40.5 Å². The quantitative estimate of drug-likeness (QED) is 0.904. The lowest BCUT2D eigenvalue weighted by Gasteiger charge is -2.26. The molecule has 1 aromatic rings.